The number of alkyl halides is 4. The summed E-state index contributed by atoms with van der Waals surface area (Å²) in [5, 5.41) is 8.92. The third-order valence-electron chi connectivity index (χ3n) is 4.51. The Bertz CT molecular complexity index is 1110. The van der Waals surface area contributed by atoms with Gasteiger partial charge in [0.1, 0.15) is 11.5 Å². The second-order valence-corrected chi connectivity index (χ2v) is 7.26. The van der Waals surface area contributed by atoms with Gasteiger partial charge in [-0.2, -0.15) is 17.6 Å². The molecule has 0 radical (unpaired) electrons. The SMILES string of the molecule is CCCN(C)C(=O)c1cc(OC(F)F)cc(C(=O)O)c1.COC(=O)c1cc(OC(F)F)cc(C(=O)OC)c1. The summed E-state index contributed by atoms with van der Waals surface area (Å²) in [6, 6.07) is 6.44. The summed E-state index contributed by atoms with van der Waals surface area (Å²) in [6.07, 6.45) is 0.723. The van der Waals surface area contributed by atoms with E-state index < -0.39 is 37.0 Å². The van der Waals surface area contributed by atoms with Gasteiger partial charge in [-0.15, -0.1) is 0 Å². The molecule has 1 N–H and O–H groups in total. The number of hydrogen-bond acceptors (Lipinski definition) is 8. The standard InChI is InChI=1S/C13H15F2NO4.C11H10F2O5/c1-3-4-16(2)11(17)8-5-9(12(18)19)7-10(6-8)20-13(14)15;1-16-9(14)6-3-7(10(15)17-2)5-8(4-6)18-11(12)13/h5-7,13H,3-4H2,1-2H3,(H,18,19);3-5,11H,1-2H3. The van der Waals surface area contributed by atoms with Crippen molar-refractivity contribution in [3.05, 3.63) is 58.7 Å². The van der Waals surface area contributed by atoms with Crippen molar-refractivity contribution < 1.29 is 60.8 Å². The molecule has 2 aromatic carbocycles. The molecule has 0 aliphatic heterocycles. The van der Waals surface area contributed by atoms with Gasteiger partial charge in [0, 0.05) is 19.2 Å². The van der Waals surface area contributed by atoms with Crippen LogP contribution in [0.3, 0.4) is 0 Å². The molecule has 0 aromatic heterocycles. The van der Waals surface area contributed by atoms with Gasteiger partial charge in [-0.05, 0) is 42.8 Å². The van der Waals surface area contributed by atoms with Crippen LogP contribution in [0.15, 0.2) is 36.4 Å². The monoisotopic (exact) mass is 547 g/mol. The van der Waals surface area contributed by atoms with Crippen molar-refractivity contribution in [1.29, 1.82) is 0 Å². The molecule has 10 nitrogen and oxygen atoms in total. The molecule has 0 heterocycles. The quantitative estimate of drug-likeness (QED) is 0.341. The van der Waals surface area contributed by atoms with E-state index in [0.29, 0.717) is 6.54 Å². The Morgan fingerprint density at radius 3 is 1.53 bits per heavy atom. The minimum atomic E-state index is -3.09. The first kappa shape index (κ1) is 31.7. The van der Waals surface area contributed by atoms with E-state index in [9.17, 15) is 36.7 Å². The van der Waals surface area contributed by atoms with Gasteiger partial charge in [0.25, 0.3) is 5.91 Å². The number of amides is 1. The highest BCUT2D eigenvalue weighted by Gasteiger charge is 2.18. The molecule has 0 saturated heterocycles. The summed E-state index contributed by atoms with van der Waals surface area (Å²) >= 11 is 0. The number of carboxylic acids is 1. The zero-order valence-corrected chi connectivity index (χ0v) is 20.7. The molecular weight excluding hydrogens is 522 g/mol. The number of aromatic carboxylic acids is 1. The second-order valence-electron chi connectivity index (χ2n) is 7.26. The van der Waals surface area contributed by atoms with Gasteiger partial charge in [0.05, 0.1) is 30.9 Å². The minimum Gasteiger partial charge on any atom is -0.478 e. The Labute approximate surface area is 214 Å². The molecule has 0 atom stereocenters. The van der Waals surface area contributed by atoms with Gasteiger partial charge < -0.3 is 29.0 Å². The number of rotatable bonds is 10. The predicted molar refractivity (Wildman–Crippen MR) is 123 cm³/mol. The maximum atomic E-state index is 12.2. The number of halogens is 4. The molecule has 0 aliphatic rings. The Balaban J connectivity index is 0.000000382. The first-order valence-electron chi connectivity index (χ1n) is 10.7. The van der Waals surface area contributed by atoms with Gasteiger partial charge in [-0.3, -0.25) is 4.79 Å². The maximum Gasteiger partial charge on any atom is 0.387 e. The number of nitrogens with zero attached hydrogens (tertiary/aromatic N) is 1. The molecule has 14 heteroatoms. The lowest BCUT2D eigenvalue weighted by atomic mass is 10.1. The molecule has 2 aromatic rings. The molecule has 208 valence electrons. The van der Waals surface area contributed by atoms with Crippen molar-refractivity contribution in [1.82, 2.24) is 4.90 Å². The van der Waals surface area contributed by atoms with Crippen LogP contribution in [0.2, 0.25) is 0 Å². The summed E-state index contributed by atoms with van der Waals surface area (Å²) < 4.78 is 65.8. The topological polar surface area (TPSA) is 129 Å². The number of benzene rings is 2. The smallest absolute Gasteiger partial charge is 0.387 e. The fourth-order valence-corrected chi connectivity index (χ4v) is 2.92. The van der Waals surface area contributed by atoms with E-state index in [1.165, 1.54) is 4.90 Å². The van der Waals surface area contributed by atoms with Crippen molar-refractivity contribution in [2.75, 3.05) is 27.8 Å². The fourth-order valence-electron chi connectivity index (χ4n) is 2.92. The number of ether oxygens (including phenoxy) is 4. The summed E-state index contributed by atoms with van der Waals surface area (Å²) in [6.45, 7) is -3.80. The zero-order chi connectivity index (χ0) is 29.0. The molecule has 38 heavy (non-hydrogen) atoms. The van der Waals surface area contributed by atoms with Crippen LogP contribution in [0.1, 0.15) is 54.8 Å². The van der Waals surface area contributed by atoms with Crippen LogP contribution in [-0.4, -0.2) is 74.9 Å². The van der Waals surface area contributed by atoms with E-state index in [-0.39, 0.29) is 33.8 Å². The van der Waals surface area contributed by atoms with Crippen LogP contribution in [0.4, 0.5) is 17.6 Å². The van der Waals surface area contributed by atoms with E-state index in [2.05, 4.69) is 18.9 Å². The van der Waals surface area contributed by atoms with E-state index in [1.807, 2.05) is 6.92 Å². The van der Waals surface area contributed by atoms with Crippen LogP contribution < -0.4 is 9.47 Å². The lowest BCUT2D eigenvalue weighted by Crippen LogP contribution is -2.27. The zero-order valence-electron chi connectivity index (χ0n) is 20.7. The molecule has 0 saturated carbocycles. The van der Waals surface area contributed by atoms with Crippen molar-refractivity contribution >= 4 is 23.8 Å². The average molecular weight is 547 g/mol. The van der Waals surface area contributed by atoms with Crippen LogP contribution in [-0.2, 0) is 9.47 Å². The van der Waals surface area contributed by atoms with Gasteiger partial charge >= 0.3 is 31.1 Å². The summed E-state index contributed by atoms with van der Waals surface area (Å²) in [7, 11) is 3.80. The molecular formula is C24H25F4NO9. The van der Waals surface area contributed by atoms with Crippen molar-refractivity contribution in [3.63, 3.8) is 0 Å². The van der Waals surface area contributed by atoms with Crippen LogP contribution >= 0.6 is 0 Å². The van der Waals surface area contributed by atoms with Crippen molar-refractivity contribution in [2.24, 2.45) is 0 Å². The van der Waals surface area contributed by atoms with Crippen molar-refractivity contribution in [3.8, 4) is 11.5 Å². The van der Waals surface area contributed by atoms with Crippen molar-refractivity contribution in [2.45, 2.75) is 26.6 Å². The summed E-state index contributed by atoms with van der Waals surface area (Å²) in [5.41, 5.74) is -0.458. The third-order valence-corrected chi connectivity index (χ3v) is 4.51. The van der Waals surface area contributed by atoms with Gasteiger partial charge in [0.15, 0.2) is 0 Å². The maximum absolute atomic E-state index is 12.2. The number of hydrogen-bond donors (Lipinski definition) is 1. The molecule has 0 fully saturated rings. The highest BCUT2D eigenvalue weighted by molar-refractivity contribution is 5.98. The Hall–Kier alpha value is -4.36. The van der Waals surface area contributed by atoms with E-state index >= 15 is 0 Å². The molecule has 0 aliphatic carbocycles. The lowest BCUT2D eigenvalue weighted by molar-refractivity contribution is -0.0506. The van der Waals surface area contributed by atoms with E-state index in [0.717, 1.165) is 57.0 Å². The summed E-state index contributed by atoms with van der Waals surface area (Å²) in [5.74, 6) is -4.01. The largest absolute Gasteiger partial charge is 0.478 e. The number of carbonyl (C=O) groups is 4. The predicted octanol–water partition coefficient (Wildman–Crippen LogP) is 4.33. The van der Waals surface area contributed by atoms with E-state index in [1.54, 1.807) is 7.05 Å². The molecule has 0 unspecified atom stereocenters. The number of carbonyl (C=O) groups excluding carboxylic acids is 3. The lowest BCUT2D eigenvalue weighted by Gasteiger charge is -2.17. The fraction of sp³-hybridized carbons (Fsp3) is 0.333. The molecule has 0 spiro atoms. The number of methoxy groups -OCH3 is 2. The Morgan fingerprint density at radius 1 is 0.763 bits per heavy atom. The Kier molecular flexibility index (Phi) is 12.5. The van der Waals surface area contributed by atoms with E-state index in [4.69, 9.17) is 5.11 Å². The van der Waals surface area contributed by atoms with Gasteiger partial charge in [-0.1, -0.05) is 6.92 Å². The number of carboxylic acid groups (broad SMARTS) is 1. The first-order valence-corrected chi connectivity index (χ1v) is 10.7. The average Bonchev–Trinajstić information content (AvgIpc) is 2.86. The molecule has 1 amide bonds. The first-order chi connectivity index (χ1) is 17.8. The summed E-state index contributed by atoms with van der Waals surface area (Å²) in [4.78, 5) is 47.0. The third kappa shape index (κ3) is 9.95. The van der Waals surface area contributed by atoms with Crippen LogP contribution in [0.5, 0.6) is 11.5 Å². The van der Waals surface area contributed by atoms with Gasteiger partial charge in [0.2, 0.25) is 0 Å². The number of esters is 2. The van der Waals surface area contributed by atoms with Gasteiger partial charge in [-0.25, -0.2) is 14.4 Å². The van der Waals surface area contributed by atoms with Crippen LogP contribution in [0.25, 0.3) is 0 Å². The normalized spacial score (nSPS) is 10.3. The second kappa shape index (κ2) is 15.0. The minimum absolute atomic E-state index is 0.00324. The molecule has 2 rings (SSSR count). The Morgan fingerprint density at radius 2 is 1.16 bits per heavy atom. The highest BCUT2D eigenvalue weighted by atomic mass is 19.3. The molecule has 0 bridgehead atoms. The van der Waals surface area contributed by atoms with Crippen LogP contribution in [0, 0.1) is 0 Å². The highest BCUT2D eigenvalue weighted by Crippen LogP contribution is 2.22.